The summed E-state index contributed by atoms with van der Waals surface area (Å²) in [5.74, 6) is -0.467. The molecule has 5 heteroatoms. The van der Waals surface area contributed by atoms with Gasteiger partial charge in [0.2, 0.25) is 0 Å². The number of esters is 1. The van der Waals surface area contributed by atoms with E-state index in [1.807, 2.05) is 20.8 Å². The molecule has 1 heterocycles. The van der Waals surface area contributed by atoms with Crippen molar-refractivity contribution in [2.75, 3.05) is 13.2 Å². The number of carbonyl (C=O) groups excluding carboxylic acids is 2. The maximum absolute atomic E-state index is 11.6. The zero-order valence-electron chi connectivity index (χ0n) is 10.9. The number of hydrogen-bond acceptors (Lipinski definition) is 4. The van der Waals surface area contributed by atoms with Crippen molar-refractivity contribution in [1.29, 1.82) is 0 Å². The second-order valence-corrected chi connectivity index (χ2v) is 4.46. The van der Waals surface area contributed by atoms with Crippen molar-refractivity contribution in [1.82, 2.24) is 10.3 Å². The number of pyridine rings is 1. The Kier molecular flexibility index (Phi) is 5.30. The van der Waals surface area contributed by atoms with Gasteiger partial charge in [0.15, 0.2) is 6.61 Å². The molecule has 0 fully saturated rings. The molecule has 18 heavy (non-hydrogen) atoms. The molecule has 1 amide bonds. The van der Waals surface area contributed by atoms with Gasteiger partial charge in [-0.1, -0.05) is 13.8 Å². The van der Waals surface area contributed by atoms with E-state index in [0.29, 0.717) is 18.0 Å². The highest BCUT2D eigenvalue weighted by Gasteiger charge is 2.10. The Balaban J connectivity index is 2.37. The zero-order chi connectivity index (χ0) is 13.5. The number of rotatable bonds is 5. The molecule has 98 valence electrons. The van der Waals surface area contributed by atoms with Crippen molar-refractivity contribution < 1.29 is 14.3 Å². The van der Waals surface area contributed by atoms with E-state index in [1.54, 1.807) is 12.1 Å². The van der Waals surface area contributed by atoms with Gasteiger partial charge in [-0.15, -0.1) is 0 Å². The fourth-order valence-electron chi connectivity index (χ4n) is 1.17. The van der Waals surface area contributed by atoms with Crippen molar-refractivity contribution >= 4 is 11.9 Å². The number of aryl methyl sites for hydroxylation is 1. The van der Waals surface area contributed by atoms with Crippen molar-refractivity contribution in [2.24, 2.45) is 5.92 Å². The molecule has 1 N–H and O–H groups in total. The summed E-state index contributed by atoms with van der Waals surface area (Å²) < 4.78 is 4.87. The number of ether oxygens (including phenoxy) is 1. The highest BCUT2D eigenvalue weighted by Crippen LogP contribution is 2.01. The second-order valence-electron chi connectivity index (χ2n) is 4.46. The van der Waals surface area contributed by atoms with Crippen molar-refractivity contribution in [2.45, 2.75) is 20.8 Å². The Labute approximate surface area is 107 Å². The minimum absolute atomic E-state index is 0.264. The second kappa shape index (κ2) is 6.74. The first-order chi connectivity index (χ1) is 8.49. The lowest BCUT2D eigenvalue weighted by atomic mass is 10.2. The van der Waals surface area contributed by atoms with Crippen LogP contribution in [0.3, 0.4) is 0 Å². The molecule has 0 saturated heterocycles. The van der Waals surface area contributed by atoms with Crippen LogP contribution in [0.25, 0.3) is 0 Å². The van der Waals surface area contributed by atoms with Crippen LogP contribution in [0.4, 0.5) is 0 Å². The van der Waals surface area contributed by atoms with E-state index in [-0.39, 0.29) is 12.5 Å². The Morgan fingerprint density at radius 2 is 2.11 bits per heavy atom. The van der Waals surface area contributed by atoms with Gasteiger partial charge >= 0.3 is 5.97 Å². The van der Waals surface area contributed by atoms with Crippen LogP contribution in [0.2, 0.25) is 0 Å². The van der Waals surface area contributed by atoms with Gasteiger partial charge in [-0.3, -0.25) is 9.78 Å². The molecule has 1 aromatic rings. The molecule has 0 atom stereocenters. The van der Waals surface area contributed by atoms with Crippen LogP contribution >= 0.6 is 0 Å². The molecule has 0 unspecified atom stereocenters. The number of carbonyl (C=O) groups is 2. The van der Waals surface area contributed by atoms with E-state index in [1.165, 1.54) is 6.20 Å². The van der Waals surface area contributed by atoms with E-state index in [4.69, 9.17) is 4.74 Å². The summed E-state index contributed by atoms with van der Waals surface area (Å²) in [5, 5.41) is 2.67. The molecule has 0 radical (unpaired) electrons. The summed E-state index contributed by atoms with van der Waals surface area (Å²) in [7, 11) is 0. The zero-order valence-corrected chi connectivity index (χ0v) is 10.9. The first kappa shape index (κ1) is 14.2. The summed E-state index contributed by atoms with van der Waals surface area (Å²) in [5.41, 5.74) is 1.17. The van der Waals surface area contributed by atoms with E-state index in [9.17, 15) is 9.59 Å². The Morgan fingerprint density at radius 3 is 2.67 bits per heavy atom. The highest BCUT2D eigenvalue weighted by atomic mass is 16.5. The molecule has 0 aliphatic carbocycles. The summed E-state index contributed by atoms with van der Waals surface area (Å²) in [6.07, 6.45) is 1.43. The molecular formula is C13H18N2O3. The molecule has 0 aliphatic rings. The van der Waals surface area contributed by atoms with E-state index in [0.717, 1.165) is 5.69 Å². The van der Waals surface area contributed by atoms with Crippen LogP contribution in [0.15, 0.2) is 18.3 Å². The smallest absolute Gasteiger partial charge is 0.340 e. The van der Waals surface area contributed by atoms with E-state index in [2.05, 4.69) is 10.3 Å². The van der Waals surface area contributed by atoms with Crippen LogP contribution in [-0.4, -0.2) is 30.0 Å². The average molecular weight is 250 g/mol. The number of aromatic nitrogens is 1. The molecular weight excluding hydrogens is 232 g/mol. The van der Waals surface area contributed by atoms with Crippen molar-refractivity contribution in [3.63, 3.8) is 0 Å². The molecule has 0 spiro atoms. The largest absolute Gasteiger partial charge is 0.452 e. The van der Waals surface area contributed by atoms with Crippen molar-refractivity contribution in [3.05, 3.63) is 29.6 Å². The molecule has 0 aliphatic heterocycles. The first-order valence-electron chi connectivity index (χ1n) is 5.85. The van der Waals surface area contributed by atoms with Gasteiger partial charge in [-0.25, -0.2) is 4.79 Å². The monoisotopic (exact) mass is 250 g/mol. The molecule has 0 saturated carbocycles. The maximum Gasteiger partial charge on any atom is 0.340 e. The lowest BCUT2D eigenvalue weighted by molar-refractivity contribution is -0.124. The standard InChI is InChI=1S/C13H18N2O3/c1-9(2)6-15-12(16)8-18-13(17)11-5-4-10(3)14-7-11/h4-5,7,9H,6,8H2,1-3H3,(H,15,16). The fourth-order valence-corrected chi connectivity index (χ4v) is 1.17. The van der Waals surface area contributed by atoms with Crippen LogP contribution in [-0.2, 0) is 9.53 Å². The van der Waals surface area contributed by atoms with Gasteiger partial charge in [0.05, 0.1) is 5.56 Å². The summed E-state index contributed by atoms with van der Waals surface area (Å²) >= 11 is 0. The van der Waals surface area contributed by atoms with Crippen LogP contribution in [0, 0.1) is 12.8 Å². The minimum atomic E-state index is -0.540. The predicted octanol–water partition coefficient (Wildman–Crippen LogP) is 1.32. The predicted molar refractivity (Wildman–Crippen MR) is 67.1 cm³/mol. The third-order valence-corrected chi connectivity index (χ3v) is 2.19. The Morgan fingerprint density at radius 1 is 1.39 bits per heavy atom. The Bertz CT molecular complexity index is 413. The minimum Gasteiger partial charge on any atom is -0.452 e. The lowest BCUT2D eigenvalue weighted by Gasteiger charge is -2.08. The summed E-state index contributed by atoms with van der Waals surface area (Å²) in [6, 6.07) is 3.34. The topological polar surface area (TPSA) is 68.3 Å². The van der Waals surface area contributed by atoms with Gasteiger partial charge < -0.3 is 10.1 Å². The van der Waals surface area contributed by atoms with Gasteiger partial charge in [0.1, 0.15) is 0 Å². The SMILES string of the molecule is Cc1ccc(C(=O)OCC(=O)NCC(C)C)cn1. The van der Waals surface area contributed by atoms with Crippen LogP contribution in [0.1, 0.15) is 29.9 Å². The highest BCUT2D eigenvalue weighted by molar-refractivity contribution is 5.90. The van der Waals surface area contributed by atoms with Crippen LogP contribution < -0.4 is 5.32 Å². The molecule has 1 rings (SSSR count). The number of hydrogen-bond donors (Lipinski definition) is 1. The fraction of sp³-hybridized carbons (Fsp3) is 0.462. The first-order valence-corrected chi connectivity index (χ1v) is 5.85. The van der Waals surface area contributed by atoms with Gasteiger partial charge in [-0.05, 0) is 25.0 Å². The third kappa shape index (κ3) is 4.95. The van der Waals surface area contributed by atoms with Gasteiger partial charge in [0.25, 0.3) is 5.91 Å². The van der Waals surface area contributed by atoms with Gasteiger partial charge in [0, 0.05) is 18.4 Å². The third-order valence-electron chi connectivity index (χ3n) is 2.19. The number of nitrogens with zero attached hydrogens (tertiary/aromatic N) is 1. The normalized spacial score (nSPS) is 10.2. The number of nitrogens with one attached hydrogen (secondary N) is 1. The lowest BCUT2D eigenvalue weighted by Crippen LogP contribution is -2.31. The van der Waals surface area contributed by atoms with E-state index >= 15 is 0 Å². The molecule has 0 bridgehead atoms. The molecule has 1 aromatic heterocycles. The van der Waals surface area contributed by atoms with Crippen LogP contribution in [0.5, 0.6) is 0 Å². The maximum atomic E-state index is 11.6. The molecule has 0 aromatic carbocycles. The summed E-state index contributed by atoms with van der Waals surface area (Å²) in [6.45, 7) is 6.12. The molecule has 5 nitrogen and oxygen atoms in total. The quantitative estimate of drug-likeness (QED) is 0.800. The van der Waals surface area contributed by atoms with E-state index < -0.39 is 5.97 Å². The van der Waals surface area contributed by atoms with Crippen molar-refractivity contribution in [3.8, 4) is 0 Å². The van der Waals surface area contributed by atoms with Gasteiger partial charge in [-0.2, -0.15) is 0 Å². The number of amides is 1. The summed E-state index contributed by atoms with van der Waals surface area (Å²) in [4.78, 5) is 26.9. The Hall–Kier alpha value is -1.91. The average Bonchev–Trinajstić information content (AvgIpc) is 2.34.